The molecule has 1 N–H and O–H groups in total. The Balaban J connectivity index is 2.56. The molecule has 0 saturated heterocycles. The van der Waals surface area contributed by atoms with Gasteiger partial charge in [-0.3, -0.25) is 0 Å². The Labute approximate surface area is 135 Å². The molecule has 1 aliphatic carbocycles. The summed E-state index contributed by atoms with van der Waals surface area (Å²) in [6.45, 7) is 0. The minimum absolute atomic E-state index is 0.302. The van der Waals surface area contributed by atoms with Gasteiger partial charge in [0.15, 0.2) is 0 Å². The van der Waals surface area contributed by atoms with Crippen LogP contribution in [0.5, 0.6) is 5.75 Å². The van der Waals surface area contributed by atoms with Gasteiger partial charge in [-0.1, -0.05) is 16.8 Å². The van der Waals surface area contributed by atoms with Crippen LogP contribution >= 0.6 is 27.5 Å². The molecule has 6 heteroatoms. The number of oxime groups is 1. The first-order valence-corrected chi connectivity index (χ1v) is 7.03. The molecular formula is C15H10BrClN2O2. The number of allylic oxidation sites excluding steroid dienone is 6. The van der Waals surface area contributed by atoms with E-state index in [9.17, 15) is 5.26 Å². The number of nitrogens with zero attached hydrogens (tertiary/aromatic N) is 2. The predicted molar refractivity (Wildman–Crippen MR) is 85.7 cm³/mol. The minimum atomic E-state index is 0.302. The lowest BCUT2D eigenvalue weighted by Gasteiger charge is -2.12. The molecular weight excluding hydrogens is 356 g/mol. The van der Waals surface area contributed by atoms with Gasteiger partial charge in [0.2, 0.25) is 0 Å². The number of nitriles is 1. The van der Waals surface area contributed by atoms with Crippen molar-refractivity contribution in [1.29, 1.82) is 5.26 Å². The second kappa shape index (κ2) is 6.61. The number of hydrogen-bond acceptors (Lipinski definition) is 4. The molecule has 0 aromatic heterocycles. The van der Waals surface area contributed by atoms with Gasteiger partial charge in [0, 0.05) is 10.1 Å². The quantitative estimate of drug-likeness (QED) is 0.485. The zero-order valence-electron chi connectivity index (χ0n) is 11.0. The Morgan fingerprint density at radius 2 is 2.00 bits per heavy atom. The number of benzene rings is 1. The second-order valence-corrected chi connectivity index (χ2v) is 5.36. The highest BCUT2D eigenvalue weighted by molar-refractivity contribution is 9.12. The number of ether oxygens (including phenoxy) is 1. The highest BCUT2D eigenvalue weighted by Crippen LogP contribution is 2.33. The SMILES string of the molecule is COc1ccc(/C(C#N)=C2C=C(Br)/C(=N\O)C=C\2Cl)cc1. The molecule has 1 aromatic carbocycles. The monoisotopic (exact) mass is 364 g/mol. The van der Waals surface area contributed by atoms with E-state index in [1.54, 1.807) is 37.5 Å². The second-order valence-electron chi connectivity index (χ2n) is 4.10. The third-order valence-electron chi connectivity index (χ3n) is 2.90. The Hall–Kier alpha value is -2.03. The lowest BCUT2D eigenvalue weighted by atomic mass is 9.97. The summed E-state index contributed by atoms with van der Waals surface area (Å²) in [6, 6.07) is 9.26. The van der Waals surface area contributed by atoms with Gasteiger partial charge >= 0.3 is 0 Å². The van der Waals surface area contributed by atoms with E-state index in [2.05, 4.69) is 27.2 Å². The first kappa shape index (κ1) is 15.4. The highest BCUT2D eigenvalue weighted by Gasteiger charge is 2.18. The van der Waals surface area contributed by atoms with E-state index in [1.807, 2.05) is 0 Å². The molecule has 0 saturated carbocycles. The largest absolute Gasteiger partial charge is 0.497 e. The maximum Gasteiger partial charge on any atom is 0.118 e. The lowest BCUT2D eigenvalue weighted by Crippen LogP contribution is -2.03. The van der Waals surface area contributed by atoms with E-state index in [-0.39, 0.29) is 0 Å². The summed E-state index contributed by atoms with van der Waals surface area (Å²) in [7, 11) is 1.58. The molecule has 0 aliphatic heterocycles. The van der Waals surface area contributed by atoms with Gasteiger partial charge < -0.3 is 9.94 Å². The molecule has 21 heavy (non-hydrogen) atoms. The van der Waals surface area contributed by atoms with Gasteiger partial charge in [-0.05, 0) is 57.9 Å². The summed E-state index contributed by atoms with van der Waals surface area (Å²) >= 11 is 9.45. The van der Waals surface area contributed by atoms with Crippen LogP contribution in [0.2, 0.25) is 0 Å². The van der Waals surface area contributed by atoms with Crippen LogP contribution in [0.15, 0.2) is 56.7 Å². The summed E-state index contributed by atoms with van der Waals surface area (Å²) in [5.74, 6) is 0.706. The van der Waals surface area contributed by atoms with Crippen molar-refractivity contribution in [2.45, 2.75) is 0 Å². The summed E-state index contributed by atoms with van der Waals surface area (Å²) in [6.07, 6.45) is 3.14. The predicted octanol–water partition coefficient (Wildman–Crippen LogP) is 4.22. The van der Waals surface area contributed by atoms with Crippen molar-refractivity contribution in [2.75, 3.05) is 7.11 Å². The fraction of sp³-hybridized carbons (Fsp3) is 0.0667. The molecule has 0 heterocycles. The third-order valence-corrected chi connectivity index (χ3v) is 3.85. The van der Waals surface area contributed by atoms with Crippen molar-refractivity contribution < 1.29 is 9.94 Å². The van der Waals surface area contributed by atoms with E-state index in [4.69, 9.17) is 21.5 Å². The first-order valence-electron chi connectivity index (χ1n) is 5.86. The molecule has 2 rings (SSSR count). The van der Waals surface area contributed by atoms with E-state index in [1.165, 1.54) is 6.08 Å². The zero-order chi connectivity index (χ0) is 15.4. The van der Waals surface area contributed by atoms with Crippen LogP contribution in [0.25, 0.3) is 5.57 Å². The standard InChI is InChI=1S/C15H10BrClN2O2/c1-21-10-4-2-9(3-5-10)12(8-18)11-6-13(16)15(19-20)7-14(11)17/h2-7,20H,1H3/b12-11+,19-15-. The highest BCUT2D eigenvalue weighted by atomic mass is 79.9. The van der Waals surface area contributed by atoms with Crippen LogP contribution < -0.4 is 4.74 Å². The molecule has 0 bridgehead atoms. The average Bonchev–Trinajstić information content (AvgIpc) is 2.51. The zero-order valence-corrected chi connectivity index (χ0v) is 13.3. The normalized spacial score (nSPS) is 18.7. The molecule has 0 spiro atoms. The molecule has 0 unspecified atom stereocenters. The van der Waals surface area contributed by atoms with Crippen molar-refractivity contribution in [2.24, 2.45) is 5.16 Å². The Morgan fingerprint density at radius 3 is 2.52 bits per heavy atom. The van der Waals surface area contributed by atoms with Gasteiger partial charge in [-0.15, -0.1) is 0 Å². The van der Waals surface area contributed by atoms with E-state index >= 15 is 0 Å². The maximum absolute atomic E-state index is 9.44. The summed E-state index contributed by atoms with van der Waals surface area (Å²) in [4.78, 5) is 0. The van der Waals surface area contributed by atoms with E-state index in [0.29, 0.717) is 32.1 Å². The van der Waals surface area contributed by atoms with Crippen molar-refractivity contribution in [3.05, 3.63) is 57.1 Å². The Morgan fingerprint density at radius 1 is 1.33 bits per heavy atom. The van der Waals surface area contributed by atoms with Crippen LogP contribution in [-0.2, 0) is 0 Å². The van der Waals surface area contributed by atoms with Crippen molar-refractivity contribution >= 4 is 38.8 Å². The molecule has 106 valence electrons. The van der Waals surface area contributed by atoms with Gasteiger partial charge in [-0.25, -0.2) is 0 Å². The van der Waals surface area contributed by atoms with E-state index in [0.717, 1.165) is 5.56 Å². The van der Waals surface area contributed by atoms with Gasteiger partial charge in [0.25, 0.3) is 0 Å². The minimum Gasteiger partial charge on any atom is -0.497 e. The summed E-state index contributed by atoms with van der Waals surface area (Å²) in [5.41, 5.74) is 2.01. The smallest absolute Gasteiger partial charge is 0.118 e. The van der Waals surface area contributed by atoms with Crippen LogP contribution in [0.1, 0.15) is 5.56 Å². The van der Waals surface area contributed by atoms with Crippen LogP contribution in [-0.4, -0.2) is 18.0 Å². The van der Waals surface area contributed by atoms with Crippen LogP contribution in [0, 0.1) is 11.3 Å². The van der Waals surface area contributed by atoms with Gasteiger partial charge in [0.05, 0.1) is 17.7 Å². The van der Waals surface area contributed by atoms with Crippen LogP contribution in [0.3, 0.4) is 0 Å². The van der Waals surface area contributed by atoms with E-state index < -0.39 is 0 Å². The van der Waals surface area contributed by atoms with Gasteiger partial charge in [-0.2, -0.15) is 5.26 Å². The maximum atomic E-state index is 9.44. The first-order chi connectivity index (χ1) is 10.1. The molecule has 4 nitrogen and oxygen atoms in total. The molecule has 0 radical (unpaired) electrons. The van der Waals surface area contributed by atoms with Gasteiger partial charge in [0.1, 0.15) is 17.5 Å². The Kier molecular flexibility index (Phi) is 4.84. The summed E-state index contributed by atoms with van der Waals surface area (Å²) < 4.78 is 5.64. The fourth-order valence-corrected chi connectivity index (χ4v) is 2.52. The summed E-state index contributed by atoms with van der Waals surface area (Å²) in [5, 5.41) is 21.7. The number of methoxy groups -OCH3 is 1. The van der Waals surface area contributed by atoms with Crippen molar-refractivity contribution in [3.63, 3.8) is 0 Å². The number of hydrogen-bond donors (Lipinski definition) is 1. The topological polar surface area (TPSA) is 65.6 Å². The third kappa shape index (κ3) is 3.18. The average molecular weight is 366 g/mol. The molecule has 1 aromatic rings. The fourth-order valence-electron chi connectivity index (χ4n) is 1.84. The molecule has 0 atom stereocenters. The molecule has 1 aliphatic rings. The molecule has 0 amide bonds. The van der Waals surface area contributed by atoms with Crippen LogP contribution in [0.4, 0.5) is 0 Å². The molecule has 0 fully saturated rings. The number of halogens is 2. The lowest BCUT2D eigenvalue weighted by molar-refractivity contribution is 0.320. The Bertz CT molecular complexity index is 725. The number of rotatable bonds is 2. The van der Waals surface area contributed by atoms with Crippen molar-refractivity contribution in [1.82, 2.24) is 0 Å². The van der Waals surface area contributed by atoms with Crippen molar-refractivity contribution in [3.8, 4) is 11.8 Å².